The predicted molar refractivity (Wildman–Crippen MR) is 146 cm³/mol. The summed E-state index contributed by atoms with van der Waals surface area (Å²) >= 11 is 0. The molecular formula is C30H24N4O5. The Morgan fingerprint density at radius 3 is 2.72 bits per heavy atom. The number of nitriles is 1. The number of benzene rings is 3. The number of rotatable bonds is 7. The molecule has 9 heteroatoms. The summed E-state index contributed by atoms with van der Waals surface area (Å²) in [6, 6.07) is 18.6. The molecule has 0 aliphatic rings. The standard InChI is InChI=1S/C30H24N4O5/c1-17-10-23(18(2)33-25-7-5-4-6-22(25)30(36)37)29-24(11-17)26(35)13-28(39-29)20-15-32-34(16-20)21-8-9-27(38-3)19(12-21)14-31/h4-13,15-16,18,33H,1-3H3,(H,36,37)/t18-/m1/s1. The van der Waals surface area contributed by atoms with Crippen LogP contribution in [0.25, 0.3) is 28.0 Å². The largest absolute Gasteiger partial charge is 0.495 e. The molecule has 0 aliphatic heterocycles. The van der Waals surface area contributed by atoms with Crippen molar-refractivity contribution in [3.63, 3.8) is 0 Å². The average Bonchev–Trinajstić information content (AvgIpc) is 3.43. The molecule has 2 N–H and O–H groups in total. The van der Waals surface area contributed by atoms with Crippen molar-refractivity contribution in [2.45, 2.75) is 19.9 Å². The molecule has 0 radical (unpaired) electrons. The van der Waals surface area contributed by atoms with Gasteiger partial charge in [-0.05, 0) is 55.8 Å². The van der Waals surface area contributed by atoms with Crippen LogP contribution in [0.5, 0.6) is 5.75 Å². The van der Waals surface area contributed by atoms with Crippen LogP contribution in [-0.4, -0.2) is 28.0 Å². The zero-order chi connectivity index (χ0) is 27.7. The Kier molecular flexibility index (Phi) is 6.61. The Hall–Kier alpha value is -5.36. The Labute approximate surface area is 223 Å². The van der Waals surface area contributed by atoms with Crippen LogP contribution < -0.4 is 15.5 Å². The number of hydrogen-bond acceptors (Lipinski definition) is 7. The van der Waals surface area contributed by atoms with Gasteiger partial charge in [0.1, 0.15) is 23.2 Å². The summed E-state index contributed by atoms with van der Waals surface area (Å²) in [6.07, 6.45) is 3.30. The van der Waals surface area contributed by atoms with Crippen molar-refractivity contribution in [1.82, 2.24) is 9.78 Å². The number of anilines is 1. The van der Waals surface area contributed by atoms with Crippen LogP contribution >= 0.6 is 0 Å². The SMILES string of the molecule is COc1ccc(-n2cc(-c3cc(=O)c4cc(C)cc([C@@H](C)Nc5ccccc5C(=O)O)c4o3)cn2)cc1C#N. The van der Waals surface area contributed by atoms with Crippen LogP contribution in [0.1, 0.15) is 40.0 Å². The summed E-state index contributed by atoms with van der Waals surface area (Å²) in [4.78, 5) is 24.9. The summed E-state index contributed by atoms with van der Waals surface area (Å²) in [5.41, 5.74) is 3.98. The molecule has 0 amide bonds. The van der Waals surface area contributed by atoms with Crippen LogP contribution in [0.15, 0.2) is 82.3 Å². The molecule has 0 spiro atoms. The molecule has 194 valence electrons. The lowest BCUT2D eigenvalue weighted by atomic mass is 10.0. The van der Waals surface area contributed by atoms with Gasteiger partial charge in [-0.1, -0.05) is 18.2 Å². The molecular weight excluding hydrogens is 496 g/mol. The van der Waals surface area contributed by atoms with E-state index in [1.807, 2.05) is 19.9 Å². The van der Waals surface area contributed by atoms with Gasteiger partial charge in [0.25, 0.3) is 0 Å². The number of aryl methyl sites for hydroxylation is 1. The molecule has 5 rings (SSSR count). The first-order valence-electron chi connectivity index (χ1n) is 12.1. The van der Waals surface area contributed by atoms with Crippen LogP contribution in [0.4, 0.5) is 5.69 Å². The molecule has 39 heavy (non-hydrogen) atoms. The molecule has 1 atom stereocenters. The number of ether oxygens (including phenoxy) is 1. The molecule has 0 unspecified atom stereocenters. The Balaban J connectivity index is 1.57. The Morgan fingerprint density at radius 2 is 1.97 bits per heavy atom. The van der Waals surface area contributed by atoms with Crippen molar-refractivity contribution in [1.29, 1.82) is 5.26 Å². The van der Waals surface area contributed by atoms with Gasteiger partial charge >= 0.3 is 5.97 Å². The van der Waals surface area contributed by atoms with Gasteiger partial charge in [0, 0.05) is 23.5 Å². The van der Waals surface area contributed by atoms with Gasteiger partial charge in [0.2, 0.25) is 0 Å². The first kappa shape index (κ1) is 25.3. The van der Waals surface area contributed by atoms with E-state index in [0.29, 0.717) is 50.5 Å². The fraction of sp³-hybridized carbons (Fsp3) is 0.133. The average molecular weight is 521 g/mol. The number of aromatic nitrogens is 2. The first-order valence-corrected chi connectivity index (χ1v) is 12.1. The highest BCUT2D eigenvalue weighted by atomic mass is 16.5. The number of methoxy groups -OCH3 is 1. The van der Waals surface area contributed by atoms with Crippen LogP contribution in [0.2, 0.25) is 0 Å². The quantitative estimate of drug-likeness (QED) is 0.279. The molecule has 5 aromatic rings. The zero-order valence-electron chi connectivity index (χ0n) is 21.4. The summed E-state index contributed by atoms with van der Waals surface area (Å²) in [7, 11) is 1.50. The van der Waals surface area contributed by atoms with E-state index in [1.54, 1.807) is 59.5 Å². The van der Waals surface area contributed by atoms with Gasteiger partial charge in [0.15, 0.2) is 5.43 Å². The van der Waals surface area contributed by atoms with E-state index in [-0.39, 0.29) is 17.0 Å². The lowest BCUT2D eigenvalue weighted by Gasteiger charge is -2.19. The number of nitrogens with zero attached hydrogens (tertiary/aromatic N) is 3. The highest BCUT2D eigenvalue weighted by Gasteiger charge is 2.19. The van der Waals surface area contributed by atoms with Gasteiger partial charge in [-0.15, -0.1) is 0 Å². The fourth-order valence-corrected chi connectivity index (χ4v) is 4.52. The first-order chi connectivity index (χ1) is 18.8. The van der Waals surface area contributed by atoms with Crippen molar-refractivity contribution in [3.05, 3.63) is 106 Å². The van der Waals surface area contributed by atoms with Gasteiger partial charge in [-0.3, -0.25) is 4.79 Å². The molecule has 3 aromatic carbocycles. The maximum atomic E-state index is 13.2. The highest BCUT2D eigenvalue weighted by molar-refractivity contribution is 5.94. The number of hydrogen-bond donors (Lipinski definition) is 2. The normalized spacial score (nSPS) is 11.6. The molecule has 2 heterocycles. The van der Waals surface area contributed by atoms with E-state index in [2.05, 4.69) is 16.5 Å². The van der Waals surface area contributed by atoms with Crippen molar-refractivity contribution < 1.29 is 19.1 Å². The van der Waals surface area contributed by atoms with Crippen molar-refractivity contribution >= 4 is 22.6 Å². The van der Waals surface area contributed by atoms with E-state index < -0.39 is 5.97 Å². The van der Waals surface area contributed by atoms with Gasteiger partial charge in [-0.25, -0.2) is 9.48 Å². The van der Waals surface area contributed by atoms with E-state index >= 15 is 0 Å². The van der Waals surface area contributed by atoms with Crippen LogP contribution in [0.3, 0.4) is 0 Å². The number of fused-ring (bicyclic) bond motifs is 1. The second-order valence-corrected chi connectivity index (χ2v) is 9.09. The van der Waals surface area contributed by atoms with E-state index in [0.717, 1.165) is 5.56 Å². The summed E-state index contributed by atoms with van der Waals surface area (Å²) in [5.74, 6) is -0.245. The summed E-state index contributed by atoms with van der Waals surface area (Å²) < 4.78 is 13.1. The summed E-state index contributed by atoms with van der Waals surface area (Å²) in [6.45, 7) is 3.77. The molecule has 0 saturated carbocycles. The third kappa shape index (κ3) is 4.83. The molecule has 0 saturated heterocycles. The van der Waals surface area contributed by atoms with E-state index in [1.165, 1.54) is 19.2 Å². The minimum Gasteiger partial charge on any atom is -0.495 e. The number of carboxylic acids is 1. The summed E-state index contributed by atoms with van der Waals surface area (Å²) in [5, 5.41) is 27.1. The lowest BCUT2D eigenvalue weighted by Crippen LogP contribution is -2.12. The Morgan fingerprint density at radius 1 is 1.18 bits per heavy atom. The monoisotopic (exact) mass is 520 g/mol. The molecule has 9 nitrogen and oxygen atoms in total. The maximum Gasteiger partial charge on any atom is 0.337 e. The third-order valence-corrected chi connectivity index (χ3v) is 6.43. The highest BCUT2D eigenvalue weighted by Crippen LogP contribution is 2.31. The van der Waals surface area contributed by atoms with Crippen LogP contribution in [-0.2, 0) is 0 Å². The number of aromatic carboxylic acids is 1. The zero-order valence-corrected chi connectivity index (χ0v) is 21.4. The smallest absolute Gasteiger partial charge is 0.337 e. The second kappa shape index (κ2) is 10.2. The van der Waals surface area contributed by atoms with E-state index in [4.69, 9.17) is 9.15 Å². The predicted octanol–water partition coefficient (Wildman–Crippen LogP) is 5.71. The second-order valence-electron chi connectivity index (χ2n) is 9.09. The minimum absolute atomic E-state index is 0.147. The number of carbonyl (C=O) groups is 1. The van der Waals surface area contributed by atoms with Crippen molar-refractivity contribution in [2.75, 3.05) is 12.4 Å². The number of para-hydroxylation sites is 1. The van der Waals surface area contributed by atoms with Gasteiger partial charge in [0.05, 0.1) is 47.1 Å². The third-order valence-electron chi connectivity index (χ3n) is 6.43. The molecule has 2 aromatic heterocycles. The van der Waals surface area contributed by atoms with E-state index in [9.17, 15) is 20.0 Å². The van der Waals surface area contributed by atoms with Crippen LogP contribution in [0, 0.1) is 18.3 Å². The van der Waals surface area contributed by atoms with Gasteiger partial charge < -0.3 is 19.6 Å². The van der Waals surface area contributed by atoms with Gasteiger partial charge in [-0.2, -0.15) is 10.4 Å². The Bertz CT molecular complexity index is 1830. The topological polar surface area (TPSA) is 130 Å². The lowest BCUT2D eigenvalue weighted by molar-refractivity contribution is 0.0698. The number of carboxylic acid groups (broad SMARTS) is 1. The van der Waals surface area contributed by atoms with Crippen molar-refractivity contribution in [2.24, 2.45) is 0 Å². The maximum absolute atomic E-state index is 13.2. The molecule has 0 bridgehead atoms. The molecule has 0 aliphatic carbocycles. The fourth-order valence-electron chi connectivity index (χ4n) is 4.52. The van der Waals surface area contributed by atoms with Crippen molar-refractivity contribution in [3.8, 4) is 28.8 Å². The minimum atomic E-state index is -1.04. The molecule has 0 fully saturated rings. The number of nitrogens with one attached hydrogen (secondary N) is 1.